The van der Waals surface area contributed by atoms with Crippen molar-refractivity contribution in [2.24, 2.45) is 0 Å². The number of hydrogen-bond acceptors (Lipinski definition) is 4. The Balaban J connectivity index is 1.75. The average molecular weight is 337 g/mol. The van der Waals surface area contributed by atoms with E-state index in [0.29, 0.717) is 44.4 Å². The molecule has 0 aromatic heterocycles. The van der Waals surface area contributed by atoms with Crippen LogP contribution in [0.4, 0.5) is 4.79 Å². The first-order chi connectivity index (χ1) is 11.1. The van der Waals surface area contributed by atoms with E-state index in [1.54, 1.807) is 12.0 Å². The van der Waals surface area contributed by atoms with Crippen molar-refractivity contribution in [2.45, 2.75) is 13.5 Å². The third-order valence-corrected chi connectivity index (χ3v) is 4.10. The van der Waals surface area contributed by atoms with Gasteiger partial charge in [-0.1, -0.05) is 12.1 Å². The van der Waals surface area contributed by atoms with E-state index >= 15 is 0 Å². The number of methoxy groups -OCH3 is 1. The summed E-state index contributed by atoms with van der Waals surface area (Å²) in [7, 11) is 1.65. The van der Waals surface area contributed by atoms with Gasteiger partial charge in [0.1, 0.15) is 5.75 Å². The van der Waals surface area contributed by atoms with Crippen LogP contribution in [0, 0.1) is 0 Å². The fourth-order valence-electron chi connectivity index (χ4n) is 2.34. The molecule has 0 saturated carbocycles. The van der Waals surface area contributed by atoms with Crippen molar-refractivity contribution >= 4 is 23.4 Å². The highest BCUT2D eigenvalue weighted by Gasteiger charge is 2.22. The molecule has 1 aromatic rings. The zero-order valence-corrected chi connectivity index (χ0v) is 14.4. The molecular weight excluding hydrogens is 314 g/mol. The van der Waals surface area contributed by atoms with E-state index in [0.717, 1.165) is 11.3 Å². The highest BCUT2D eigenvalue weighted by Crippen LogP contribution is 2.11. The molecule has 0 atom stereocenters. The maximum atomic E-state index is 11.7. The Hall–Kier alpha value is -2.02. The van der Waals surface area contributed by atoms with Crippen molar-refractivity contribution in [2.75, 3.05) is 39.9 Å². The van der Waals surface area contributed by atoms with Gasteiger partial charge in [0.2, 0.25) is 0 Å². The summed E-state index contributed by atoms with van der Waals surface area (Å²) >= 11 is 5.43. The lowest BCUT2D eigenvalue weighted by Crippen LogP contribution is -2.53. The highest BCUT2D eigenvalue weighted by atomic mass is 32.1. The summed E-state index contributed by atoms with van der Waals surface area (Å²) in [5, 5.41) is 3.97. The second-order valence-corrected chi connectivity index (χ2v) is 5.57. The van der Waals surface area contributed by atoms with Crippen LogP contribution in [0.2, 0.25) is 0 Å². The van der Waals surface area contributed by atoms with E-state index in [-0.39, 0.29) is 6.09 Å². The molecule has 1 N–H and O–H groups in total. The number of piperazine rings is 1. The van der Waals surface area contributed by atoms with Crippen molar-refractivity contribution < 1.29 is 14.3 Å². The van der Waals surface area contributed by atoms with Crippen LogP contribution in [0.15, 0.2) is 24.3 Å². The maximum absolute atomic E-state index is 11.7. The number of hydrogen-bond donors (Lipinski definition) is 1. The summed E-state index contributed by atoms with van der Waals surface area (Å²) in [5.41, 5.74) is 1.14. The average Bonchev–Trinajstić information content (AvgIpc) is 2.60. The van der Waals surface area contributed by atoms with Crippen LogP contribution in [-0.2, 0) is 11.3 Å². The Morgan fingerprint density at radius 2 is 1.78 bits per heavy atom. The Morgan fingerprint density at radius 1 is 1.17 bits per heavy atom. The lowest BCUT2D eigenvalue weighted by atomic mass is 10.2. The predicted molar refractivity (Wildman–Crippen MR) is 92.6 cm³/mol. The molecule has 1 aliphatic rings. The Bertz CT molecular complexity index is 528. The largest absolute Gasteiger partial charge is 0.497 e. The van der Waals surface area contributed by atoms with Gasteiger partial charge < -0.3 is 24.6 Å². The number of nitrogens with one attached hydrogen (secondary N) is 1. The topological polar surface area (TPSA) is 54.0 Å². The maximum Gasteiger partial charge on any atom is 0.409 e. The Labute approximate surface area is 142 Å². The van der Waals surface area contributed by atoms with Gasteiger partial charge in [-0.2, -0.15) is 0 Å². The number of ether oxygens (including phenoxy) is 2. The fraction of sp³-hybridized carbons (Fsp3) is 0.500. The van der Waals surface area contributed by atoms with Crippen molar-refractivity contribution in [1.82, 2.24) is 15.1 Å². The monoisotopic (exact) mass is 337 g/mol. The lowest BCUT2D eigenvalue weighted by Gasteiger charge is -2.35. The number of rotatable bonds is 4. The molecular formula is C16H23N3O3S. The Kier molecular flexibility index (Phi) is 6.46. The molecule has 1 saturated heterocycles. The van der Waals surface area contributed by atoms with Gasteiger partial charge in [-0.25, -0.2) is 4.79 Å². The van der Waals surface area contributed by atoms with E-state index < -0.39 is 0 Å². The Morgan fingerprint density at radius 3 is 2.35 bits per heavy atom. The SMILES string of the molecule is CCOC(=O)N1CCN(C(=S)NCc2ccc(OC)cc2)CC1. The smallest absolute Gasteiger partial charge is 0.409 e. The number of benzene rings is 1. The van der Waals surface area contributed by atoms with Gasteiger partial charge in [0, 0.05) is 32.7 Å². The first-order valence-corrected chi connectivity index (χ1v) is 8.12. The first kappa shape index (κ1) is 17.3. The molecule has 0 bridgehead atoms. The molecule has 0 aliphatic carbocycles. The van der Waals surface area contributed by atoms with E-state index in [1.165, 1.54) is 0 Å². The van der Waals surface area contributed by atoms with Crippen molar-refractivity contribution in [3.63, 3.8) is 0 Å². The molecule has 1 aliphatic heterocycles. The van der Waals surface area contributed by atoms with Gasteiger partial charge in [0.25, 0.3) is 0 Å². The minimum absolute atomic E-state index is 0.246. The second kappa shape index (κ2) is 8.57. The van der Waals surface area contributed by atoms with Gasteiger partial charge in [0.15, 0.2) is 5.11 Å². The van der Waals surface area contributed by atoms with Crippen LogP contribution in [0.1, 0.15) is 12.5 Å². The van der Waals surface area contributed by atoms with Crippen molar-refractivity contribution in [3.05, 3.63) is 29.8 Å². The van der Waals surface area contributed by atoms with Crippen LogP contribution in [0.25, 0.3) is 0 Å². The van der Waals surface area contributed by atoms with Crippen LogP contribution >= 0.6 is 12.2 Å². The van der Waals surface area contributed by atoms with Crippen LogP contribution in [0.3, 0.4) is 0 Å². The molecule has 0 unspecified atom stereocenters. The fourth-order valence-corrected chi connectivity index (χ4v) is 2.59. The minimum Gasteiger partial charge on any atom is -0.497 e. The summed E-state index contributed by atoms with van der Waals surface area (Å²) in [6.45, 7) is 5.57. The highest BCUT2D eigenvalue weighted by molar-refractivity contribution is 7.80. The van der Waals surface area contributed by atoms with Crippen molar-refractivity contribution in [3.8, 4) is 5.75 Å². The molecule has 1 fully saturated rings. The molecule has 1 heterocycles. The number of carbonyl (C=O) groups is 1. The number of thiocarbonyl (C=S) groups is 1. The van der Waals surface area contributed by atoms with Gasteiger partial charge in [-0.05, 0) is 36.8 Å². The zero-order valence-electron chi connectivity index (χ0n) is 13.6. The van der Waals surface area contributed by atoms with E-state index in [4.69, 9.17) is 21.7 Å². The van der Waals surface area contributed by atoms with Gasteiger partial charge in [0.05, 0.1) is 13.7 Å². The standard InChI is InChI=1S/C16H23N3O3S/c1-3-22-16(20)19-10-8-18(9-11-19)15(23)17-12-13-4-6-14(21-2)7-5-13/h4-7H,3,8-12H2,1-2H3,(H,17,23). The third-order valence-electron chi connectivity index (χ3n) is 3.70. The quantitative estimate of drug-likeness (QED) is 0.846. The molecule has 6 nitrogen and oxygen atoms in total. The summed E-state index contributed by atoms with van der Waals surface area (Å²) in [6, 6.07) is 7.87. The molecule has 23 heavy (non-hydrogen) atoms. The normalized spacial score (nSPS) is 14.3. The number of nitrogens with zero attached hydrogens (tertiary/aromatic N) is 2. The molecule has 0 radical (unpaired) electrons. The molecule has 1 amide bonds. The summed E-state index contributed by atoms with van der Waals surface area (Å²) in [6.07, 6.45) is -0.246. The molecule has 0 spiro atoms. The number of carbonyl (C=O) groups excluding carboxylic acids is 1. The summed E-state index contributed by atoms with van der Waals surface area (Å²) in [5.74, 6) is 0.839. The second-order valence-electron chi connectivity index (χ2n) is 5.18. The third kappa shape index (κ3) is 4.99. The van der Waals surface area contributed by atoms with Crippen LogP contribution < -0.4 is 10.1 Å². The molecule has 1 aromatic carbocycles. The minimum atomic E-state index is -0.246. The first-order valence-electron chi connectivity index (χ1n) is 7.71. The van der Waals surface area contributed by atoms with E-state index in [1.807, 2.05) is 31.2 Å². The molecule has 126 valence electrons. The number of amides is 1. The van der Waals surface area contributed by atoms with Gasteiger partial charge >= 0.3 is 6.09 Å². The predicted octanol–water partition coefficient (Wildman–Crippen LogP) is 1.84. The van der Waals surface area contributed by atoms with Gasteiger partial charge in [-0.3, -0.25) is 0 Å². The lowest BCUT2D eigenvalue weighted by molar-refractivity contribution is 0.0918. The van der Waals surface area contributed by atoms with Crippen molar-refractivity contribution in [1.29, 1.82) is 0 Å². The molecule has 7 heteroatoms. The van der Waals surface area contributed by atoms with Crippen LogP contribution in [-0.4, -0.2) is 60.9 Å². The van der Waals surface area contributed by atoms with E-state index in [2.05, 4.69) is 10.2 Å². The molecule has 2 rings (SSSR count). The zero-order chi connectivity index (χ0) is 16.7. The van der Waals surface area contributed by atoms with Crippen LogP contribution in [0.5, 0.6) is 5.75 Å². The van der Waals surface area contributed by atoms with E-state index in [9.17, 15) is 4.79 Å². The summed E-state index contributed by atoms with van der Waals surface area (Å²) in [4.78, 5) is 15.5. The van der Waals surface area contributed by atoms with Gasteiger partial charge in [-0.15, -0.1) is 0 Å². The summed E-state index contributed by atoms with van der Waals surface area (Å²) < 4.78 is 10.2.